The molecular formula is C24H27FN6O3. The molecule has 34 heavy (non-hydrogen) atoms. The maximum Gasteiger partial charge on any atom is 0.308 e. The van der Waals surface area contributed by atoms with Crippen molar-refractivity contribution in [3.8, 4) is 11.4 Å². The fourth-order valence-electron chi connectivity index (χ4n) is 4.20. The van der Waals surface area contributed by atoms with Crippen LogP contribution in [0.5, 0.6) is 0 Å². The number of halogens is 1. The summed E-state index contributed by atoms with van der Waals surface area (Å²) in [4.78, 5) is 30.2. The van der Waals surface area contributed by atoms with Gasteiger partial charge < -0.3 is 10.1 Å². The van der Waals surface area contributed by atoms with Crippen LogP contribution < -0.4 is 5.32 Å². The molecule has 0 radical (unpaired) electrons. The predicted molar refractivity (Wildman–Crippen MR) is 121 cm³/mol. The van der Waals surface area contributed by atoms with Gasteiger partial charge >= 0.3 is 5.97 Å². The molecule has 0 spiro atoms. The third-order valence-corrected chi connectivity index (χ3v) is 6.07. The summed E-state index contributed by atoms with van der Waals surface area (Å²) in [6.45, 7) is 2.68. The second kappa shape index (κ2) is 10.5. The van der Waals surface area contributed by atoms with E-state index in [4.69, 9.17) is 4.74 Å². The van der Waals surface area contributed by atoms with Gasteiger partial charge in [0.1, 0.15) is 11.5 Å². The molecule has 1 amide bonds. The summed E-state index contributed by atoms with van der Waals surface area (Å²) >= 11 is 0. The van der Waals surface area contributed by atoms with Gasteiger partial charge in [0.05, 0.1) is 19.6 Å². The first-order chi connectivity index (χ1) is 16.4. The quantitative estimate of drug-likeness (QED) is 0.533. The highest BCUT2D eigenvalue weighted by Crippen LogP contribution is 2.30. The van der Waals surface area contributed by atoms with E-state index in [0.29, 0.717) is 29.5 Å². The van der Waals surface area contributed by atoms with Crippen molar-refractivity contribution in [1.29, 1.82) is 0 Å². The Hall–Kier alpha value is -3.69. The molecule has 2 aromatic heterocycles. The first-order valence-corrected chi connectivity index (χ1v) is 11.3. The van der Waals surface area contributed by atoms with E-state index < -0.39 is 0 Å². The van der Waals surface area contributed by atoms with E-state index in [9.17, 15) is 14.0 Å². The molecule has 0 unspecified atom stereocenters. The summed E-state index contributed by atoms with van der Waals surface area (Å²) in [5.41, 5.74) is 2.34. The van der Waals surface area contributed by atoms with Gasteiger partial charge in [-0.15, -0.1) is 10.2 Å². The molecule has 9 nitrogen and oxygen atoms in total. The average Bonchev–Trinajstić information content (AvgIpc) is 3.31. The minimum Gasteiger partial charge on any atom is -0.469 e. The molecule has 1 N–H and O–H groups in total. The van der Waals surface area contributed by atoms with Crippen LogP contribution in [0.1, 0.15) is 47.4 Å². The third kappa shape index (κ3) is 5.81. The Morgan fingerprint density at radius 3 is 2.59 bits per heavy atom. The van der Waals surface area contributed by atoms with Crippen LogP contribution >= 0.6 is 0 Å². The molecule has 3 aromatic rings. The van der Waals surface area contributed by atoms with Crippen LogP contribution in [0.3, 0.4) is 0 Å². The molecule has 178 valence electrons. The lowest BCUT2D eigenvalue weighted by atomic mass is 9.82. The van der Waals surface area contributed by atoms with Gasteiger partial charge in [-0.2, -0.15) is 4.80 Å². The zero-order valence-corrected chi connectivity index (χ0v) is 19.2. The van der Waals surface area contributed by atoms with Gasteiger partial charge in [0.2, 0.25) is 5.82 Å². The number of esters is 1. The smallest absolute Gasteiger partial charge is 0.308 e. The fraction of sp³-hybridized carbons (Fsp3) is 0.417. The third-order valence-electron chi connectivity index (χ3n) is 6.07. The summed E-state index contributed by atoms with van der Waals surface area (Å²) in [5, 5.41) is 15.6. The van der Waals surface area contributed by atoms with E-state index in [1.165, 1.54) is 19.2 Å². The van der Waals surface area contributed by atoms with E-state index in [1.54, 1.807) is 36.0 Å². The number of ether oxygens (including phenoxy) is 1. The number of pyridine rings is 1. The van der Waals surface area contributed by atoms with Crippen molar-refractivity contribution in [2.24, 2.45) is 11.8 Å². The largest absolute Gasteiger partial charge is 0.469 e. The van der Waals surface area contributed by atoms with Gasteiger partial charge in [0, 0.05) is 17.8 Å². The number of benzene rings is 1. The fourth-order valence-corrected chi connectivity index (χ4v) is 4.20. The van der Waals surface area contributed by atoms with Crippen molar-refractivity contribution >= 4 is 11.9 Å². The van der Waals surface area contributed by atoms with Crippen molar-refractivity contribution in [2.45, 2.75) is 45.7 Å². The number of rotatable bonds is 7. The van der Waals surface area contributed by atoms with Gasteiger partial charge in [-0.25, -0.2) is 9.37 Å². The van der Waals surface area contributed by atoms with Crippen LogP contribution in [-0.2, 0) is 22.6 Å². The van der Waals surface area contributed by atoms with Crippen molar-refractivity contribution < 1.29 is 18.7 Å². The normalized spacial score (nSPS) is 17.9. The first kappa shape index (κ1) is 23.5. The minimum atomic E-state index is -0.343. The Labute approximate surface area is 196 Å². The molecule has 1 aliphatic carbocycles. The summed E-state index contributed by atoms with van der Waals surface area (Å²) < 4.78 is 17.9. The number of methoxy groups -OCH3 is 1. The van der Waals surface area contributed by atoms with Gasteiger partial charge in [-0.1, -0.05) is 12.1 Å². The molecule has 0 aliphatic heterocycles. The molecule has 10 heteroatoms. The van der Waals surface area contributed by atoms with Crippen LogP contribution in [0, 0.1) is 24.6 Å². The van der Waals surface area contributed by atoms with Crippen LogP contribution in [0.25, 0.3) is 11.4 Å². The standard InChI is InChI=1S/C24H27FN6O3/c1-15-11-19(12-21(27-15)23(32)26-13-16-5-9-20(25)10-6-16)22-28-30-31(29-22)14-17-3-7-18(8-4-17)24(33)34-2/h5-6,9-12,17-18H,3-4,7-8,13-14H2,1-2H3,(H,26,32)/t17-,18-. The van der Waals surface area contributed by atoms with Crippen molar-refractivity contribution in [1.82, 2.24) is 30.5 Å². The highest BCUT2D eigenvalue weighted by atomic mass is 19.1. The lowest BCUT2D eigenvalue weighted by Crippen LogP contribution is -2.25. The van der Waals surface area contributed by atoms with Gasteiger partial charge in [-0.05, 0) is 73.6 Å². The molecule has 1 saturated carbocycles. The average molecular weight is 467 g/mol. The number of aryl methyl sites for hydroxylation is 1. The molecule has 0 bridgehead atoms. The number of amides is 1. The lowest BCUT2D eigenvalue weighted by Gasteiger charge is -2.26. The highest BCUT2D eigenvalue weighted by molar-refractivity contribution is 5.93. The maximum atomic E-state index is 13.1. The Balaban J connectivity index is 1.38. The lowest BCUT2D eigenvalue weighted by molar-refractivity contribution is -0.146. The van der Waals surface area contributed by atoms with Crippen molar-refractivity contribution in [3.05, 3.63) is 59.2 Å². The number of hydrogen-bond donors (Lipinski definition) is 1. The van der Waals surface area contributed by atoms with E-state index in [2.05, 4.69) is 25.7 Å². The minimum absolute atomic E-state index is 0.0204. The maximum absolute atomic E-state index is 13.1. The topological polar surface area (TPSA) is 112 Å². The number of nitrogens with one attached hydrogen (secondary N) is 1. The van der Waals surface area contributed by atoms with Crippen molar-refractivity contribution in [2.75, 3.05) is 7.11 Å². The van der Waals surface area contributed by atoms with E-state index in [1.807, 2.05) is 0 Å². The Morgan fingerprint density at radius 1 is 1.15 bits per heavy atom. The summed E-state index contributed by atoms with van der Waals surface area (Å²) in [5.74, 6) is -0.0343. The number of nitrogens with zero attached hydrogens (tertiary/aromatic N) is 5. The number of hydrogen-bond acceptors (Lipinski definition) is 7. The predicted octanol–water partition coefficient (Wildman–Crippen LogP) is 3.09. The number of carbonyl (C=O) groups excluding carboxylic acids is 2. The molecule has 0 atom stereocenters. The summed E-state index contributed by atoms with van der Waals surface area (Å²) in [6.07, 6.45) is 3.42. The SMILES string of the molecule is COC(=O)[C@H]1CC[C@H](Cn2nnc(-c3cc(C)nc(C(=O)NCc4ccc(F)cc4)c3)n2)CC1. The van der Waals surface area contributed by atoms with Gasteiger partial charge in [0.25, 0.3) is 5.91 Å². The summed E-state index contributed by atoms with van der Waals surface area (Å²) in [6, 6.07) is 9.38. The zero-order chi connectivity index (χ0) is 24.1. The van der Waals surface area contributed by atoms with E-state index in [-0.39, 0.29) is 35.9 Å². The second-order valence-corrected chi connectivity index (χ2v) is 8.60. The molecule has 1 aromatic carbocycles. The first-order valence-electron chi connectivity index (χ1n) is 11.3. The monoisotopic (exact) mass is 466 g/mol. The van der Waals surface area contributed by atoms with Crippen LogP contribution in [0.2, 0.25) is 0 Å². The Bertz CT molecular complexity index is 1160. The van der Waals surface area contributed by atoms with E-state index in [0.717, 1.165) is 31.2 Å². The Morgan fingerprint density at radius 2 is 1.88 bits per heavy atom. The highest BCUT2D eigenvalue weighted by Gasteiger charge is 2.27. The summed E-state index contributed by atoms with van der Waals surface area (Å²) in [7, 11) is 1.43. The number of tetrazole rings is 1. The van der Waals surface area contributed by atoms with Gasteiger partial charge in [-0.3, -0.25) is 9.59 Å². The molecule has 4 rings (SSSR count). The molecule has 2 heterocycles. The Kier molecular flexibility index (Phi) is 7.24. The zero-order valence-electron chi connectivity index (χ0n) is 19.2. The second-order valence-electron chi connectivity index (χ2n) is 8.60. The van der Waals surface area contributed by atoms with Crippen LogP contribution in [0.4, 0.5) is 4.39 Å². The molecular weight excluding hydrogens is 439 g/mol. The molecule has 0 saturated heterocycles. The van der Waals surface area contributed by atoms with Crippen LogP contribution in [-0.4, -0.2) is 44.2 Å². The molecule has 1 aliphatic rings. The van der Waals surface area contributed by atoms with E-state index >= 15 is 0 Å². The van der Waals surface area contributed by atoms with Crippen LogP contribution in [0.15, 0.2) is 36.4 Å². The number of aromatic nitrogens is 5. The molecule has 1 fully saturated rings. The van der Waals surface area contributed by atoms with Gasteiger partial charge in [0.15, 0.2) is 0 Å². The number of carbonyl (C=O) groups is 2. The van der Waals surface area contributed by atoms with Crippen molar-refractivity contribution in [3.63, 3.8) is 0 Å².